The zero-order valence-electron chi connectivity index (χ0n) is 13.3. The third kappa shape index (κ3) is 4.84. The summed E-state index contributed by atoms with van der Waals surface area (Å²) in [6.45, 7) is 8.12. The second-order valence-corrected chi connectivity index (χ2v) is 8.37. The molecule has 3 unspecified atom stereocenters. The van der Waals surface area contributed by atoms with E-state index in [1.807, 2.05) is 6.07 Å². The number of nitrogens with one attached hydrogen (secondary N) is 1. The molecule has 1 aromatic carbocycles. The van der Waals surface area contributed by atoms with Crippen LogP contribution in [0.2, 0.25) is 5.02 Å². The molecule has 1 aliphatic carbocycles. The topological polar surface area (TPSA) is 12.0 Å². The van der Waals surface area contributed by atoms with E-state index in [1.54, 1.807) is 0 Å². The molecule has 0 saturated heterocycles. The highest BCUT2D eigenvalue weighted by atomic mass is 127. The van der Waals surface area contributed by atoms with Gasteiger partial charge in [-0.05, 0) is 96.3 Å². The summed E-state index contributed by atoms with van der Waals surface area (Å²) in [5, 5.41) is 4.65. The minimum Gasteiger partial charge on any atom is -0.310 e. The Kier molecular flexibility index (Phi) is 6.82. The predicted octanol–water partition coefficient (Wildman–Crippen LogP) is 6.06. The first-order valence-corrected chi connectivity index (χ1v) is 9.65. The average molecular weight is 420 g/mol. The van der Waals surface area contributed by atoms with Crippen molar-refractivity contribution in [1.82, 2.24) is 5.32 Å². The van der Waals surface area contributed by atoms with Gasteiger partial charge >= 0.3 is 0 Å². The summed E-state index contributed by atoms with van der Waals surface area (Å²) in [7, 11) is 0. The molecule has 3 heteroatoms. The monoisotopic (exact) mass is 419 g/mol. The van der Waals surface area contributed by atoms with Crippen molar-refractivity contribution in [2.75, 3.05) is 6.54 Å². The first kappa shape index (κ1) is 17.6. The van der Waals surface area contributed by atoms with Crippen molar-refractivity contribution >= 4 is 34.2 Å². The van der Waals surface area contributed by atoms with Crippen LogP contribution in [0.4, 0.5) is 0 Å². The van der Waals surface area contributed by atoms with Crippen LogP contribution >= 0.6 is 34.2 Å². The van der Waals surface area contributed by atoms with Gasteiger partial charge in [-0.1, -0.05) is 32.4 Å². The summed E-state index contributed by atoms with van der Waals surface area (Å²) in [5.74, 6) is 2.39. The van der Waals surface area contributed by atoms with Crippen LogP contribution in [0.15, 0.2) is 18.2 Å². The normalized spacial score (nSPS) is 27.6. The van der Waals surface area contributed by atoms with E-state index in [0.29, 0.717) is 6.04 Å². The molecule has 21 heavy (non-hydrogen) atoms. The number of benzene rings is 1. The SMILES string of the molecule is CCCNC(c1cc(Cl)ccc1I)C1CC(C)CC(C)C1. The lowest BCUT2D eigenvalue weighted by atomic mass is 9.72. The molecule has 1 saturated carbocycles. The van der Waals surface area contributed by atoms with Gasteiger partial charge in [0.25, 0.3) is 0 Å². The molecule has 0 amide bonds. The van der Waals surface area contributed by atoms with Gasteiger partial charge in [0.05, 0.1) is 0 Å². The Bertz CT molecular complexity index is 453. The first-order chi connectivity index (χ1) is 10.0. The van der Waals surface area contributed by atoms with Gasteiger partial charge < -0.3 is 5.32 Å². The summed E-state index contributed by atoms with van der Waals surface area (Å²) >= 11 is 8.71. The van der Waals surface area contributed by atoms with E-state index in [2.05, 4.69) is 60.8 Å². The fraction of sp³-hybridized carbons (Fsp3) is 0.667. The van der Waals surface area contributed by atoms with E-state index in [4.69, 9.17) is 11.6 Å². The van der Waals surface area contributed by atoms with Gasteiger partial charge in [0.2, 0.25) is 0 Å². The van der Waals surface area contributed by atoms with Crippen molar-refractivity contribution in [3.8, 4) is 0 Å². The Morgan fingerprint density at radius 3 is 2.52 bits per heavy atom. The highest BCUT2D eigenvalue weighted by Gasteiger charge is 2.31. The molecular weight excluding hydrogens is 393 g/mol. The molecule has 2 rings (SSSR count). The van der Waals surface area contributed by atoms with E-state index < -0.39 is 0 Å². The van der Waals surface area contributed by atoms with Crippen LogP contribution < -0.4 is 5.32 Å². The lowest BCUT2D eigenvalue weighted by Gasteiger charge is -2.37. The summed E-state index contributed by atoms with van der Waals surface area (Å²) in [5.41, 5.74) is 1.39. The summed E-state index contributed by atoms with van der Waals surface area (Å²) < 4.78 is 1.33. The molecule has 1 aliphatic rings. The molecular formula is C18H27ClIN. The van der Waals surface area contributed by atoms with Crippen molar-refractivity contribution in [2.45, 2.75) is 52.5 Å². The van der Waals surface area contributed by atoms with Crippen molar-refractivity contribution < 1.29 is 0 Å². The molecule has 0 spiro atoms. The number of hydrogen-bond donors (Lipinski definition) is 1. The molecule has 0 aromatic heterocycles. The second kappa shape index (κ2) is 8.16. The molecule has 1 fully saturated rings. The maximum absolute atomic E-state index is 6.26. The zero-order chi connectivity index (χ0) is 15.4. The quantitative estimate of drug-likeness (QED) is 0.572. The van der Waals surface area contributed by atoms with Crippen LogP contribution in [0, 0.1) is 21.3 Å². The second-order valence-electron chi connectivity index (χ2n) is 6.78. The van der Waals surface area contributed by atoms with Gasteiger partial charge in [-0.25, -0.2) is 0 Å². The Morgan fingerprint density at radius 2 is 1.90 bits per heavy atom. The molecule has 0 radical (unpaired) electrons. The van der Waals surface area contributed by atoms with E-state index >= 15 is 0 Å². The third-order valence-corrected chi connectivity index (χ3v) is 5.81. The molecule has 0 aliphatic heterocycles. The lowest BCUT2D eigenvalue weighted by molar-refractivity contribution is 0.176. The molecule has 1 nitrogen and oxygen atoms in total. The van der Waals surface area contributed by atoms with Gasteiger partial charge in [-0.15, -0.1) is 0 Å². The largest absolute Gasteiger partial charge is 0.310 e. The minimum atomic E-state index is 0.445. The minimum absolute atomic E-state index is 0.445. The third-order valence-electron chi connectivity index (χ3n) is 4.59. The molecule has 1 N–H and O–H groups in total. The lowest BCUT2D eigenvalue weighted by Crippen LogP contribution is -2.34. The highest BCUT2D eigenvalue weighted by Crippen LogP contribution is 2.41. The van der Waals surface area contributed by atoms with E-state index in [-0.39, 0.29) is 0 Å². The maximum Gasteiger partial charge on any atom is 0.0410 e. The fourth-order valence-electron chi connectivity index (χ4n) is 3.86. The maximum atomic E-state index is 6.26. The van der Waals surface area contributed by atoms with Crippen LogP contribution in [0.5, 0.6) is 0 Å². The smallest absolute Gasteiger partial charge is 0.0410 e. The number of hydrogen-bond acceptors (Lipinski definition) is 1. The van der Waals surface area contributed by atoms with E-state index in [1.165, 1.54) is 34.8 Å². The van der Waals surface area contributed by atoms with Crippen molar-refractivity contribution in [2.24, 2.45) is 17.8 Å². The summed E-state index contributed by atoms with van der Waals surface area (Å²) in [6, 6.07) is 6.76. The van der Waals surface area contributed by atoms with E-state index in [9.17, 15) is 0 Å². The van der Waals surface area contributed by atoms with Crippen LogP contribution in [-0.2, 0) is 0 Å². The average Bonchev–Trinajstić information content (AvgIpc) is 2.42. The van der Waals surface area contributed by atoms with Crippen LogP contribution in [0.1, 0.15) is 58.1 Å². The van der Waals surface area contributed by atoms with Gasteiger partial charge in [-0.3, -0.25) is 0 Å². The molecule has 0 bridgehead atoms. The molecule has 0 heterocycles. The molecule has 1 aromatic rings. The van der Waals surface area contributed by atoms with Gasteiger partial charge in [0.1, 0.15) is 0 Å². The standard InChI is InChI=1S/C18H27ClIN/c1-4-7-21-18(14-9-12(2)8-13(3)10-14)16-11-15(19)5-6-17(16)20/h5-6,11-14,18,21H,4,7-10H2,1-3H3. The summed E-state index contributed by atoms with van der Waals surface area (Å²) in [4.78, 5) is 0. The fourth-order valence-corrected chi connectivity index (χ4v) is 4.72. The van der Waals surface area contributed by atoms with Gasteiger partial charge in [-0.2, -0.15) is 0 Å². The number of rotatable bonds is 5. The molecule has 118 valence electrons. The Morgan fingerprint density at radius 1 is 1.24 bits per heavy atom. The van der Waals surface area contributed by atoms with Crippen molar-refractivity contribution in [3.05, 3.63) is 32.4 Å². The van der Waals surface area contributed by atoms with Crippen LogP contribution in [-0.4, -0.2) is 6.54 Å². The van der Waals surface area contributed by atoms with Crippen LogP contribution in [0.25, 0.3) is 0 Å². The van der Waals surface area contributed by atoms with Crippen LogP contribution in [0.3, 0.4) is 0 Å². The van der Waals surface area contributed by atoms with Gasteiger partial charge in [0.15, 0.2) is 0 Å². The Hall–Kier alpha value is 0.200. The summed E-state index contributed by atoms with van der Waals surface area (Å²) in [6.07, 6.45) is 5.21. The molecule has 3 atom stereocenters. The van der Waals surface area contributed by atoms with Crippen molar-refractivity contribution in [1.29, 1.82) is 0 Å². The Balaban J connectivity index is 2.26. The first-order valence-electron chi connectivity index (χ1n) is 8.19. The Labute approximate surface area is 148 Å². The predicted molar refractivity (Wildman–Crippen MR) is 101 cm³/mol. The van der Waals surface area contributed by atoms with E-state index in [0.717, 1.165) is 29.3 Å². The highest BCUT2D eigenvalue weighted by molar-refractivity contribution is 14.1. The number of halogens is 2. The van der Waals surface area contributed by atoms with Gasteiger partial charge in [0, 0.05) is 14.6 Å². The van der Waals surface area contributed by atoms with Crippen molar-refractivity contribution in [3.63, 3.8) is 0 Å². The zero-order valence-corrected chi connectivity index (χ0v) is 16.2.